The zero-order valence-corrected chi connectivity index (χ0v) is 14.0. The van der Waals surface area contributed by atoms with E-state index in [9.17, 15) is 0 Å². The van der Waals surface area contributed by atoms with Gasteiger partial charge in [-0.05, 0) is 45.4 Å². The molecule has 116 valence electrons. The fraction of sp³-hybridized carbons (Fsp3) is 0.647. The summed E-state index contributed by atoms with van der Waals surface area (Å²) in [5.41, 5.74) is 2.21. The van der Waals surface area contributed by atoms with Gasteiger partial charge in [0.2, 0.25) is 0 Å². The van der Waals surface area contributed by atoms with E-state index >= 15 is 0 Å². The summed E-state index contributed by atoms with van der Waals surface area (Å²) >= 11 is 0. The average molecular weight is 282 g/mol. The summed E-state index contributed by atoms with van der Waals surface area (Å²) in [5.74, 6) is 0.889. The summed E-state index contributed by atoms with van der Waals surface area (Å²) in [6, 6.07) is 6.12. The molecule has 0 saturated heterocycles. The molecule has 0 atom stereocenters. The Morgan fingerprint density at radius 3 is 2.10 bits per heavy atom. The molecule has 1 aromatic carbocycles. The van der Waals surface area contributed by atoms with Crippen molar-refractivity contribution in [2.24, 2.45) is 0 Å². The van der Waals surface area contributed by atoms with Gasteiger partial charge >= 0.3 is 0 Å². The van der Waals surface area contributed by atoms with E-state index in [0.29, 0.717) is 13.2 Å². The van der Waals surface area contributed by atoms with Gasteiger partial charge in [-0.3, -0.25) is 0 Å². The SMILES string of the molecule is CC.COCc1cc(COC(C)C)ccc1OC(C)C. The van der Waals surface area contributed by atoms with Crippen LogP contribution in [-0.2, 0) is 22.7 Å². The fourth-order valence-electron chi connectivity index (χ4n) is 1.62. The third kappa shape index (κ3) is 7.51. The molecule has 0 unspecified atom stereocenters. The van der Waals surface area contributed by atoms with Gasteiger partial charge in [-0.1, -0.05) is 19.9 Å². The van der Waals surface area contributed by atoms with Crippen LogP contribution < -0.4 is 4.74 Å². The first kappa shape index (κ1) is 18.9. The van der Waals surface area contributed by atoms with Gasteiger partial charge in [0.05, 0.1) is 25.4 Å². The molecule has 0 aliphatic carbocycles. The minimum atomic E-state index is 0.165. The van der Waals surface area contributed by atoms with Crippen molar-refractivity contribution in [3.8, 4) is 5.75 Å². The lowest BCUT2D eigenvalue weighted by Gasteiger charge is -2.15. The standard InChI is InChI=1S/C15H24O3.C2H6/c1-11(2)17-9-13-6-7-15(18-12(3)4)14(8-13)10-16-5;1-2/h6-8,11-12H,9-10H2,1-5H3;1-2H3. The summed E-state index contributed by atoms with van der Waals surface area (Å²) < 4.78 is 16.6. The van der Waals surface area contributed by atoms with Crippen LogP contribution in [0, 0.1) is 0 Å². The smallest absolute Gasteiger partial charge is 0.125 e. The van der Waals surface area contributed by atoms with Gasteiger partial charge in [-0.15, -0.1) is 0 Å². The second-order valence-electron chi connectivity index (χ2n) is 4.90. The molecule has 0 saturated carbocycles. The molecule has 3 heteroatoms. The first-order chi connectivity index (χ1) is 9.52. The van der Waals surface area contributed by atoms with Crippen LogP contribution in [0.5, 0.6) is 5.75 Å². The van der Waals surface area contributed by atoms with Crippen molar-refractivity contribution in [1.82, 2.24) is 0 Å². The predicted molar refractivity (Wildman–Crippen MR) is 84.2 cm³/mol. The van der Waals surface area contributed by atoms with Crippen molar-refractivity contribution in [1.29, 1.82) is 0 Å². The molecule has 1 aromatic rings. The first-order valence-electron chi connectivity index (χ1n) is 7.42. The molecule has 0 N–H and O–H groups in total. The minimum Gasteiger partial charge on any atom is -0.491 e. The van der Waals surface area contributed by atoms with Crippen molar-refractivity contribution < 1.29 is 14.2 Å². The summed E-state index contributed by atoms with van der Waals surface area (Å²) in [6.07, 6.45) is 0.404. The van der Waals surface area contributed by atoms with Gasteiger partial charge in [-0.25, -0.2) is 0 Å². The predicted octanol–water partition coefficient (Wildman–Crippen LogP) is 4.57. The lowest BCUT2D eigenvalue weighted by atomic mass is 10.1. The molecule has 0 aromatic heterocycles. The summed E-state index contributed by atoms with van der Waals surface area (Å²) in [7, 11) is 1.69. The van der Waals surface area contributed by atoms with Crippen molar-refractivity contribution in [2.45, 2.75) is 67.0 Å². The Labute approximate surface area is 124 Å². The highest BCUT2D eigenvalue weighted by molar-refractivity contribution is 5.37. The molecule has 0 amide bonds. The van der Waals surface area contributed by atoms with E-state index in [-0.39, 0.29) is 12.2 Å². The summed E-state index contributed by atoms with van der Waals surface area (Å²) in [4.78, 5) is 0. The Bertz CT molecular complexity index is 359. The third-order valence-electron chi connectivity index (χ3n) is 2.37. The van der Waals surface area contributed by atoms with Gasteiger partial charge < -0.3 is 14.2 Å². The molecule has 3 nitrogen and oxygen atoms in total. The molecular weight excluding hydrogens is 252 g/mol. The van der Waals surface area contributed by atoms with E-state index in [1.807, 2.05) is 53.7 Å². The Hall–Kier alpha value is -1.06. The van der Waals surface area contributed by atoms with E-state index in [1.165, 1.54) is 0 Å². The van der Waals surface area contributed by atoms with Crippen LogP contribution in [0.3, 0.4) is 0 Å². The summed E-state index contributed by atoms with van der Waals surface area (Å²) in [6.45, 7) is 13.3. The molecule has 0 bridgehead atoms. The van der Waals surface area contributed by atoms with Gasteiger partial charge in [0.1, 0.15) is 5.75 Å². The molecule has 0 heterocycles. The Balaban J connectivity index is 0.00000172. The normalized spacial score (nSPS) is 10.4. The van der Waals surface area contributed by atoms with Gasteiger partial charge in [0, 0.05) is 12.7 Å². The minimum absolute atomic E-state index is 0.165. The van der Waals surface area contributed by atoms with Crippen molar-refractivity contribution in [3.63, 3.8) is 0 Å². The van der Waals surface area contributed by atoms with Gasteiger partial charge in [0.15, 0.2) is 0 Å². The van der Waals surface area contributed by atoms with Crippen LogP contribution in [0.2, 0.25) is 0 Å². The molecule has 0 aliphatic rings. The average Bonchev–Trinajstić information content (AvgIpc) is 2.41. The molecule has 0 radical (unpaired) electrons. The van der Waals surface area contributed by atoms with Crippen molar-refractivity contribution in [3.05, 3.63) is 29.3 Å². The highest BCUT2D eigenvalue weighted by Crippen LogP contribution is 2.23. The molecule has 0 aliphatic heterocycles. The van der Waals surface area contributed by atoms with E-state index in [2.05, 4.69) is 6.07 Å². The van der Waals surface area contributed by atoms with Crippen LogP contribution in [-0.4, -0.2) is 19.3 Å². The fourth-order valence-corrected chi connectivity index (χ4v) is 1.62. The lowest BCUT2D eigenvalue weighted by Crippen LogP contribution is -2.09. The Morgan fingerprint density at radius 1 is 0.950 bits per heavy atom. The number of benzene rings is 1. The topological polar surface area (TPSA) is 27.7 Å². The number of hydrogen-bond acceptors (Lipinski definition) is 3. The molecule has 20 heavy (non-hydrogen) atoms. The van der Waals surface area contributed by atoms with Crippen molar-refractivity contribution >= 4 is 0 Å². The zero-order valence-electron chi connectivity index (χ0n) is 14.0. The molecule has 0 spiro atoms. The highest BCUT2D eigenvalue weighted by Gasteiger charge is 2.07. The first-order valence-corrected chi connectivity index (χ1v) is 7.42. The lowest BCUT2D eigenvalue weighted by molar-refractivity contribution is 0.0655. The Kier molecular flexibility index (Phi) is 10.1. The van der Waals surface area contributed by atoms with Crippen LogP contribution in [0.4, 0.5) is 0 Å². The van der Waals surface area contributed by atoms with Crippen LogP contribution in [0.25, 0.3) is 0 Å². The van der Waals surface area contributed by atoms with E-state index < -0.39 is 0 Å². The maximum atomic E-state index is 5.76. The van der Waals surface area contributed by atoms with Gasteiger partial charge in [0.25, 0.3) is 0 Å². The van der Waals surface area contributed by atoms with Crippen LogP contribution in [0.15, 0.2) is 18.2 Å². The maximum Gasteiger partial charge on any atom is 0.125 e. The quantitative estimate of drug-likeness (QED) is 0.733. The summed E-state index contributed by atoms with van der Waals surface area (Å²) in [5, 5.41) is 0. The van der Waals surface area contributed by atoms with E-state index in [0.717, 1.165) is 16.9 Å². The maximum absolute atomic E-state index is 5.76. The third-order valence-corrected chi connectivity index (χ3v) is 2.37. The number of rotatable bonds is 7. The van der Waals surface area contributed by atoms with Crippen molar-refractivity contribution in [2.75, 3.05) is 7.11 Å². The van der Waals surface area contributed by atoms with Gasteiger partial charge in [-0.2, -0.15) is 0 Å². The molecule has 1 rings (SSSR count). The van der Waals surface area contributed by atoms with E-state index in [4.69, 9.17) is 14.2 Å². The zero-order chi connectivity index (χ0) is 15.5. The molecular formula is C17H30O3. The highest BCUT2D eigenvalue weighted by atomic mass is 16.5. The second-order valence-corrected chi connectivity index (χ2v) is 4.90. The van der Waals surface area contributed by atoms with Crippen LogP contribution in [0.1, 0.15) is 52.7 Å². The van der Waals surface area contributed by atoms with Crippen LogP contribution >= 0.6 is 0 Å². The van der Waals surface area contributed by atoms with E-state index in [1.54, 1.807) is 7.11 Å². The second kappa shape index (κ2) is 10.7. The number of ether oxygens (including phenoxy) is 3. The number of methoxy groups -OCH3 is 1. The Morgan fingerprint density at radius 2 is 1.60 bits per heavy atom. The largest absolute Gasteiger partial charge is 0.491 e. The molecule has 0 fully saturated rings. The number of hydrogen-bond donors (Lipinski definition) is 0. The monoisotopic (exact) mass is 282 g/mol.